The molecule has 0 radical (unpaired) electrons. The second kappa shape index (κ2) is 5.21. The third-order valence-corrected chi connectivity index (χ3v) is 4.61. The van der Waals surface area contributed by atoms with Gasteiger partial charge in [0.05, 0.1) is 12.1 Å². The molecule has 0 saturated carbocycles. The van der Waals surface area contributed by atoms with Crippen LogP contribution in [0.1, 0.15) is 11.1 Å². The summed E-state index contributed by atoms with van der Waals surface area (Å²) in [6.45, 7) is 11.6. The van der Waals surface area contributed by atoms with Crippen LogP contribution >= 0.6 is 0 Å². The van der Waals surface area contributed by atoms with E-state index in [1.165, 1.54) is 11.1 Å². The van der Waals surface area contributed by atoms with Gasteiger partial charge in [-0.15, -0.1) is 0 Å². The van der Waals surface area contributed by atoms with Crippen molar-refractivity contribution >= 4 is 27.6 Å². The molecule has 4 rings (SSSR count). The Morgan fingerprint density at radius 3 is 2.50 bits per heavy atom. The molecule has 0 N–H and O–H groups in total. The van der Waals surface area contributed by atoms with Gasteiger partial charge in [-0.05, 0) is 37.1 Å². The van der Waals surface area contributed by atoms with Gasteiger partial charge in [0.15, 0.2) is 6.20 Å². The van der Waals surface area contributed by atoms with Crippen LogP contribution in [-0.4, -0.2) is 0 Å². The first-order chi connectivity index (χ1) is 11.6. The van der Waals surface area contributed by atoms with E-state index in [-0.39, 0.29) is 0 Å². The Kier molecular flexibility index (Phi) is 3.14. The Balaban J connectivity index is 2.27. The number of hydrogen-bond donors (Lipinski definition) is 0. The molecule has 0 saturated heterocycles. The Morgan fingerprint density at radius 2 is 1.75 bits per heavy atom. The maximum absolute atomic E-state index is 7.42. The number of aryl methyl sites for hydroxylation is 3. The highest BCUT2D eigenvalue weighted by molar-refractivity contribution is 6.16. The quantitative estimate of drug-likeness (QED) is 0.347. The van der Waals surface area contributed by atoms with Gasteiger partial charge in [-0.2, -0.15) is 0 Å². The number of rotatable bonds is 1. The largest absolute Gasteiger partial charge is 0.467 e. The summed E-state index contributed by atoms with van der Waals surface area (Å²) in [7, 11) is 2.05. The van der Waals surface area contributed by atoms with Gasteiger partial charge in [0.1, 0.15) is 18.2 Å². The molecular weight excluding hydrogens is 296 g/mol. The summed E-state index contributed by atoms with van der Waals surface area (Å²) >= 11 is 0. The normalized spacial score (nSPS) is 11.1. The molecule has 116 valence electrons. The van der Waals surface area contributed by atoms with Crippen molar-refractivity contribution in [3.63, 3.8) is 0 Å². The van der Waals surface area contributed by atoms with Crippen molar-refractivity contribution in [3.05, 3.63) is 71.2 Å². The summed E-state index contributed by atoms with van der Waals surface area (Å²) in [5.41, 5.74) is 6.70. The number of pyridine rings is 1. The minimum atomic E-state index is 0.563. The summed E-state index contributed by atoms with van der Waals surface area (Å²) < 4.78 is 8.21. The van der Waals surface area contributed by atoms with Gasteiger partial charge < -0.3 is 4.42 Å². The molecule has 0 amide bonds. The van der Waals surface area contributed by atoms with E-state index in [0.717, 1.165) is 27.6 Å². The van der Waals surface area contributed by atoms with E-state index >= 15 is 0 Å². The van der Waals surface area contributed by atoms with Crippen molar-refractivity contribution < 1.29 is 8.98 Å². The number of fused-ring (bicyclic) bond motifs is 3. The molecular formula is C21H17N2O+. The van der Waals surface area contributed by atoms with Gasteiger partial charge in [-0.3, -0.25) is 0 Å². The van der Waals surface area contributed by atoms with Crippen LogP contribution in [0.3, 0.4) is 0 Å². The predicted octanol–water partition coefficient (Wildman–Crippen LogP) is 5.25. The van der Waals surface area contributed by atoms with Crippen LogP contribution in [0.15, 0.2) is 53.1 Å². The smallest absolute Gasteiger partial charge is 0.229 e. The van der Waals surface area contributed by atoms with E-state index in [9.17, 15) is 0 Å². The lowest BCUT2D eigenvalue weighted by Crippen LogP contribution is -2.30. The second-order valence-electron chi connectivity index (χ2n) is 6.15. The molecule has 3 nitrogen and oxygen atoms in total. The highest BCUT2D eigenvalue weighted by Gasteiger charge is 2.22. The van der Waals surface area contributed by atoms with E-state index in [1.807, 2.05) is 43.6 Å². The first kappa shape index (κ1) is 14.5. The minimum absolute atomic E-state index is 0.563. The van der Waals surface area contributed by atoms with Crippen LogP contribution in [0.25, 0.3) is 38.0 Å². The average molecular weight is 313 g/mol. The highest BCUT2D eigenvalue weighted by Crippen LogP contribution is 2.42. The zero-order valence-electron chi connectivity index (χ0n) is 13.9. The third-order valence-electron chi connectivity index (χ3n) is 4.61. The molecule has 24 heavy (non-hydrogen) atoms. The zero-order chi connectivity index (χ0) is 16.8. The lowest BCUT2D eigenvalue weighted by Gasteiger charge is -2.07. The standard InChI is InChI=1S/C21H17N2O/c1-13-9-11-17-20(18(13)16-7-5-6-12-23(16)4)19-14(2)8-10-15(22-3)21(19)24-17/h5-12H,1-2,4H3/q+1. The van der Waals surface area contributed by atoms with E-state index in [1.54, 1.807) is 0 Å². The van der Waals surface area contributed by atoms with Crippen molar-refractivity contribution in [1.29, 1.82) is 0 Å². The lowest BCUT2D eigenvalue weighted by atomic mass is 9.96. The number of benzene rings is 2. The fraction of sp³-hybridized carbons (Fsp3) is 0.143. The maximum Gasteiger partial charge on any atom is 0.229 e. The fourth-order valence-electron chi connectivity index (χ4n) is 3.42. The first-order valence-electron chi connectivity index (χ1n) is 7.89. The molecule has 0 aliphatic rings. The summed E-state index contributed by atoms with van der Waals surface area (Å²) in [6.07, 6.45) is 2.05. The van der Waals surface area contributed by atoms with Gasteiger partial charge in [0.2, 0.25) is 11.4 Å². The topological polar surface area (TPSA) is 21.4 Å². The molecule has 0 spiro atoms. The molecule has 0 unspecified atom stereocenters. The van der Waals surface area contributed by atoms with E-state index in [4.69, 9.17) is 11.0 Å². The van der Waals surface area contributed by atoms with Gasteiger partial charge >= 0.3 is 0 Å². The van der Waals surface area contributed by atoms with Crippen molar-refractivity contribution in [1.82, 2.24) is 0 Å². The van der Waals surface area contributed by atoms with Gasteiger partial charge in [0, 0.05) is 22.9 Å². The van der Waals surface area contributed by atoms with E-state index < -0.39 is 0 Å². The van der Waals surface area contributed by atoms with Crippen molar-refractivity contribution in [3.8, 4) is 11.3 Å². The monoisotopic (exact) mass is 313 g/mol. The van der Waals surface area contributed by atoms with Crippen LogP contribution < -0.4 is 4.57 Å². The first-order valence-corrected chi connectivity index (χ1v) is 7.89. The van der Waals surface area contributed by atoms with Gasteiger partial charge in [-0.25, -0.2) is 9.41 Å². The van der Waals surface area contributed by atoms with Crippen LogP contribution in [0.5, 0.6) is 0 Å². The predicted molar refractivity (Wildman–Crippen MR) is 96.1 cm³/mol. The average Bonchev–Trinajstić information content (AvgIpc) is 2.97. The van der Waals surface area contributed by atoms with Crippen molar-refractivity contribution in [2.45, 2.75) is 13.8 Å². The summed E-state index contributed by atoms with van der Waals surface area (Å²) in [4.78, 5) is 3.63. The molecule has 0 fully saturated rings. The maximum atomic E-state index is 7.42. The molecule has 2 aromatic carbocycles. The highest BCUT2D eigenvalue weighted by atomic mass is 16.3. The number of nitrogens with zero attached hydrogens (tertiary/aromatic N) is 2. The molecule has 0 bridgehead atoms. The van der Waals surface area contributed by atoms with Gasteiger partial charge in [0.25, 0.3) is 0 Å². The Hall–Kier alpha value is -3.12. The second-order valence-corrected chi connectivity index (χ2v) is 6.15. The Labute approximate surface area is 140 Å². The molecule has 4 aromatic rings. The zero-order valence-corrected chi connectivity index (χ0v) is 13.9. The van der Waals surface area contributed by atoms with E-state index in [0.29, 0.717) is 11.3 Å². The van der Waals surface area contributed by atoms with E-state index in [2.05, 4.69) is 35.4 Å². The Morgan fingerprint density at radius 1 is 0.958 bits per heavy atom. The molecule has 2 heterocycles. The summed E-state index contributed by atoms with van der Waals surface area (Å²) in [5, 5.41) is 2.14. The van der Waals surface area contributed by atoms with Crippen LogP contribution in [0.2, 0.25) is 0 Å². The molecule has 0 atom stereocenters. The SMILES string of the molecule is [C-]#[N+]c1ccc(C)c2c1oc1ccc(C)c(-c3cccc[n+]3C)c12. The van der Waals surface area contributed by atoms with Crippen LogP contribution in [0.4, 0.5) is 5.69 Å². The molecule has 0 aliphatic carbocycles. The van der Waals surface area contributed by atoms with Crippen LogP contribution in [-0.2, 0) is 7.05 Å². The number of hydrogen-bond acceptors (Lipinski definition) is 1. The van der Waals surface area contributed by atoms with Crippen molar-refractivity contribution in [2.75, 3.05) is 0 Å². The minimum Gasteiger partial charge on any atom is -0.467 e. The van der Waals surface area contributed by atoms with Crippen LogP contribution in [0, 0.1) is 20.4 Å². The summed E-state index contributed by atoms with van der Waals surface area (Å²) in [6, 6.07) is 14.1. The van der Waals surface area contributed by atoms with Gasteiger partial charge in [-0.1, -0.05) is 18.2 Å². The fourth-order valence-corrected chi connectivity index (χ4v) is 3.42. The lowest BCUT2D eigenvalue weighted by molar-refractivity contribution is -0.660. The number of aromatic nitrogens is 1. The van der Waals surface area contributed by atoms with Crippen molar-refractivity contribution in [2.24, 2.45) is 7.05 Å². The molecule has 3 heteroatoms. The summed E-state index contributed by atoms with van der Waals surface area (Å²) in [5.74, 6) is 0. The molecule has 0 aliphatic heterocycles. The molecule has 2 aromatic heterocycles. The third kappa shape index (κ3) is 1.93. The number of furan rings is 1. The Bertz CT molecular complexity index is 1150.